The summed E-state index contributed by atoms with van der Waals surface area (Å²) < 4.78 is 10.8. The summed E-state index contributed by atoms with van der Waals surface area (Å²) >= 11 is 0. The molecule has 0 aromatic heterocycles. The molecule has 0 saturated heterocycles. The van der Waals surface area contributed by atoms with Crippen molar-refractivity contribution in [1.82, 2.24) is 5.32 Å². The Kier molecular flexibility index (Phi) is 8.10. The van der Waals surface area contributed by atoms with Crippen molar-refractivity contribution in [2.75, 3.05) is 20.3 Å². The van der Waals surface area contributed by atoms with Gasteiger partial charge in [-0.25, -0.2) is 4.79 Å². The van der Waals surface area contributed by atoms with Crippen LogP contribution in [-0.2, 0) is 15.1 Å². The third-order valence-electron chi connectivity index (χ3n) is 5.89. The topological polar surface area (TPSA) is 47.6 Å². The van der Waals surface area contributed by atoms with Crippen LogP contribution in [-0.4, -0.2) is 26.2 Å². The lowest BCUT2D eigenvalue weighted by molar-refractivity contribution is -0.134. The monoisotopic (exact) mass is 463 g/mol. The van der Waals surface area contributed by atoms with Crippen molar-refractivity contribution in [2.45, 2.75) is 5.54 Å². The van der Waals surface area contributed by atoms with E-state index in [1.807, 2.05) is 42.5 Å². The van der Waals surface area contributed by atoms with E-state index in [2.05, 4.69) is 78.1 Å². The minimum Gasteiger partial charge on any atom is -0.492 e. The summed E-state index contributed by atoms with van der Waals surface area (Å²) in [5.41, 5.74) is 3.73. The molecule has 4 aromatic carbocycles. The predicted molar refractivity (Wildman–Crippen MR) is 140 cm³/mol. The zero-order valence-electron chi connectivity index (χ0n) is 19.8. The third-order valence-corrected chi connectivity index (χ3v) is 5.89. The number of carbonyl (C=O) groups is 1. The molecule has 0 saturated carbocycles. The summed E-state index contributed by atoms with van der Waals surface area (Å²) in [6.07, 6.45) is 3.10. The summed E-state index contributed by atoms with van der Waals surface area (Å²) in [4.78, 5) is 11.5. The van der Waals surface area contributed by atoms with Crippen LogP contribution in [0, 0.1) is 0 Å². The molecule has 176 valence electrons. The molecular formula is C31H29NO3. The molecule has 4 aromatic rings. The second-order valence-electron chi connectivity index (χ2n) is 8.02. The van der Waals surface area contributed by atoms with Gasteiger partial charge in [0.1, 0.15) is 12.4 Å². The molecule has 0 aliphatic rings. The first kappa shape index (κ1) is 24.0. The van der Waals surface area contributed by atoms with Crippen molar-refractivity contribution >= 4 is 12.0 Å². The van der Waals surface area contributed by atoms with Gasteiger partial charge >= 0.3 is 5.97 Å². The van der Waals surface area contributed by atoms with Crippen LogP contribution in [0.4, 0.5) is 0 Å². The van der Waals surface area contributed by atoms with Gasteiger partial charge in [0.05, 0.1) is 12.6 Å². The average Bonchev–Trinajstić information content (AvgIpc) is 2.94. The zero-order chi connectivity index (χ0) is 24.3. The number of para-hydroxylation sites is 1. The highest BCUT2D eigenvalue weighted by Crippen LogP contribution is 2.36. The zero-order valence-corrected chi connectivity index (χ0v) is 19.8. The number of benzene rings is 4. The van der Waals surface area contributed by atoms with Gasteiger partial charge in [0, 0.05) is 18.2 Å². The van der Waals surface area contributed by atoms with E-state index < -0.39 is 11.5 Å². The first-order valence-corrected chi connectivity index (χ1v) is 11.6. The fraction of sp³-hybridized carbons (Fsp3) is 0.129. The van der Waals surface area contributed by atoms with Crippen LogP contribution in [0.5, 0.6) is 5.75 Å². The first-order valence-electron chi connectivity index (χ1n) is 11.6. The number of hydrogen-bond acceptors (Lipinski definition) is 4. The molecule has 0 fully saturated rings. The normalized spacial score (nSPS) is 11.3. The van der Waals surface area contributed by atoms with Crippen molar-refractivity contribution in [3.8, 4) is 5.75 Å². The van der Waals surface area contributed by atoms with E-state index >= 15 is 0 Å². The van der Waals surface area contributed by atoms with Crippen LogP contribution in [0.2, 0.25) is 0 Å². The van der Waals surface area contributed by atoms with Crippen LogP contribution in [0.25, 0.3) is 6.08 Å². The highest BCUT2D eigenvalue weighted by molar-refractivity contribution is 5.87. The second kappa shape index (κ2) is 11.8. The van der Waals surface area contributed by atoms with Crippen LogP contribution in [0.1, 0.15) is 22.3 Å². The maximum absolute atomic E-state index is 11.5. The molecule has 4 rings (SSSR count). The van der Waals surface area contributed by atoms with Gasteiger partial charge in [-0.3, -0.25) is 5.32 Å². The fourth-order valence-electron chi connectivity index (χ4n) is 4.25. The molecule has 0 aliphatic heterocycles. The Hall–Kier alpha value is -4.15. The Morgan fingerprint density at radius 1 is 0.743 bits per heavy atom. The molecule has 0 bridgehead atoms. The highest BCUT2D eigenvalue weighted by atomic mass is 16.5. The van der Waals surface area contributed by atoms with Crippen LogP contribution in [0.15, 0.2) is 121 Å². The number of ether oxygens (including phenoxy) is 2. The first-order chi connectivity index (χ1) is 17.2. The van der Waals surface area contributed by atoms with Crippen molar-refractivity contribution in [2.24, 2.45) is 0 Å². The number of carbonyl (C=O) groups excluding carboxylic acids is 1. The van der Waals surface area contributed by atoms with Gasteiger partial charge in [-0.2, -0.15) is 0 Å². The smallest absolute Gasteiger partial charge is 0.330 e. The minimum atomic E-state index is -0.544. The molecule has 0 radical (unpaired) electrons. The van der Waals surface area contributed by atoms with Crippen molar-refractivity contribution in [3.05, 3.63) is 144 Å². The van der Waals surface area contributed by atoms with E-state index in [1.54, 1.807) is 6.08 Å². The van der Waals surface area contributed by atoms with Crippen LogP contribution in [0.3, 0.4) is 0 Å². The maximum Gasteiger partial charge on any atom is 0.330 e. The lowest BCUT2D eigenvalue weighted by Gasteiger charge is -2.37. The predicted octanol–water partition coefficient (Wildman–Crippen LogP) is 5.83. The van der Waals surface area contributed by atoms with Crippen molar-refractivity contribution in [1.29, 1.82) is 0 Å². The lowest BCUT2D eigenvalue weighted by Crippen LogP contribution is -2.46. The largest absolute Gasteiger partial charge is 0.492 e. The molecule has 4 nitrogen and oxygen atoms in total. The van der Waals surface area contributed by atoms with Gasteiger partial charge in [-0.15, -0.1) is 0 Å². The summed E-state index contributed by atoms with van der Waals surface area (Å²) in [6, 6.07) is 39.1. The van der Waals surface area contributed by atoms with Crippen molar-refractivity contribution < 1.29 is 14.3 Å². The van der Waals surface area contributed by atoms with Gasteiger partial charge in [0.25, 0.3) is 0 Å². The van der Waals surface area contributed by atoms with Gasteiger partial charge < -0.3 is 9.47 Å². The van der Waals surface area contributed by atoms with Crippen LogP contribution < -0.4 is 10.1 Å². The molecular weight excluding hydrogens is 434 g/mol. The van der Waals surface area contributed by atoms with Crippen LogP contribution >= 0.6 is 0 Å². The Balaban J connectivity index is 1.61. The molecule has 0 heterocycles. The van der Waals surface area contributed by atoms with Crippen molar-refractivity contribution in [3.63, 3.8) is 0 Å². The number of nitrogens with one attached hydrogen (secondary N) is 1. The second-order valence-corrected chi connectivity index (χ2v) is 8.02. The Bertz CT molecular complexity index is 1140. The molecule has 0 aliphatic carbocycles. The van der Waals surface area contributed by atoms with E-state index in [4.69, 9.17) is 9.47 Å². The SMILES string of the molecule is COC(=O)C=Cc1ccccc1OCCNC(c1ccccc1)(c1ccccc1)c1ccccc1. The quantitative estimate of drug-likeness (QED) is 0.139. The molecule has 0 spiro atoms. The van der Waals surface area contributed by atoms with E-state index in [0.29, 0.717) is 18.9 Å². The van der Waals surface area contributed by atoms with E-state index in [-0.39, 0.29) is 0 Å². The molecule has 4 heteroatoms. The molecule has 0 unspecified atom stereocenters. The van der Waals surface area contributed by atoms with E-state index in [1.165, 1.54) is 13.2 Å². The minimum absolute atomic E-state index is 0.403. The van der Waals surface area contributed by atoms with Gasteiger partial charge in [-0.1, -0.05) is 109 Å². The summed E-state index contributed by atoms with van der Waals surface area (Å²) in [6.45, 7) is 1.03. The summed E-state index contributed by atoms with van der Waals surface area (Å²) in [5.74, 6) is 0.305. The number of hydrogen-bond donors (Lipinski definition) is 1. The van der Waals surface area contributed by atoms with Gasteiger partial charge in [-0.05, 0) is 28.8 Å². The Labute approximate surface area is 206 Å². The molecule has 0 amide bonds. The molecule has 1 N–H and O–H groups in total. The highest BCUT2D eigenvalue weighted by Gasteiger charge is 2.35. The lowest BCUT2D eigenvalue weighted by atomic mass is 9.77. The molecule has 0 atom stereocenters. The van der Waals surface area contributed by atoms with E-state index in [9.17, 15) is 4.79 Å². The number of esters is 1. The summed E-state index contributed by atoms with van der Waals surface area (Å²) in [5, 5.41) is 3.81. The number of methoxy groups -OCH3 is 1. The Morgan fingerprint density at radius 2 is 1.23 bits per heavy atom. The maximum atomic E-state index is 11.5. The van der Waals surface area contributed by atoms with Gasteiger partial charge in [0.15, 0.2) is 0 Å². The number of rotatable bonds is 10. The average molecular weight is 464 g/mol. The summed E-state index contributed by atoms with van der Waals surface area (Å²) in [7, 11) is 1.36. The fourth-order valence-corrected chi connectivity index (χ4v) is 4.25. The molecule has 35 heavy (non-hydrogen) atoms. The third kappa shape index (κ3) is 5.68. The van der Waals surface area contributed by atoms with E-state index in [0.717, 1.165) is 22.3 Å². The van der Waals surface area contributed by atoms with Gasteiger partial charge in [0.2, 0.25) is 0 Å². The Morgan fingerprint density at radius 3 is 1.74 bits per heavy atom. The standard InChI is InChI=1S/C31H29NO3/c1-34-30(33)22-21-25-13-11-12-20-29(25)35-24-23-32-31(26-14-5-2-6-15-26,27-16-7-3-8-17-27)28-18-9-4-10-19-28/h2-22,32H,23-24H2,1H3.